The van der Waals surface area contributed by atoms with Crippen LogP contribution in [-0.4, -0.2) is 48.4 Å². The summed E-state index contributed by atoms with van der Waals surface area (Å²) in [7, 11) is 0. The molecule has 0 unspecified atom stereocenters. The standard InChI is InChI=1S/C9H12N2O4/c12-4-3-11-7(13)9(10-8(11)14)1-5-15-6-2-9/h4H,1-3,5-6H2,(H,10,14). The number of urea groups is 1. The molecule has 0 saturated carbocycles. The summed E-state index contributed by atoms with van der Waals surface area (Å²) in [5, 5.41) is 2.65. The average molecular weight is 212 g/mol. The number of aldehydes is 1. The zero-order valence-corrected chi connectivity index (χ0v) is 8.19. The molecule has 2 aliphatic heterocycles. The van der Waals surface area contributed by atoms with E-state index in [1.807, 2.05) is 0 Å². The minimum Gasteiger partial charge on any atom is -0.381 e. The van der Waals surface area contributed by atoms with E-state index in [1.54, 1.807) is 0 Å². The van der Waals surface area contributed by atoms with Crippen LogP contribution in [0.15, 0.2) is 0 Å². The first-order chi connectivity index (χ1) is 7.19. The lowest BCUT2D eigenvalue weighted by molar-refractivity contribution is -0.135. The smallest absolute Gasteiger partial charge is 0.325 e. The number of hydrogen-bond donors (Lipinski definition) is 1. The highest BCUT2D eigenvalue weighted by atomic mass is 16.5. The Bertz CT molecular complexity index is 309. The van der Waals surface area contributed by atoms with Crippen LogP contribution >= 0.6 is 0 Å². The van der Waals surface area contributed by atoms with Crippen molar-refractivity contribution in [2.45, 2.75) is 18.4 Å². The molecule has 6 heteroatoms. The van der Waals surface area contributed by atoms with Crippen molar-refractivity contribution in [1.82, 2.24) is 10.2 Å². The predicted molar refractivity (Wildman–Crippen MR) is 49.1 cm³/mol. The van der Waals surface area contributed by atoms with Gasteiger partial charge in [-0.25, -0.2) is 4.79 Å². The van der Waals surface area contributed by atoms with Crippen LogP contribution in [0.5, 0.6) is 0 Å². The average Bonchev–Trinajstić information content (AvgIpc) is 2.45. The number of amides is 3. The van der Waals surface area contributed by atoms with E-state index in [-0.39, 0.29) is 12.5 Å². The van der Waals surface area contributed by atoms with Gasteiger partial charge in [0.1, 0.15) is 11.8 Å². The van der Waals surface area contributed by atoms with E-state index in [0.717, 1.165) is 4.90 Å². The van der Waals surface area contributed by atoms with Gasteiger partial charge in [0, 0.05) is 26.1 Å². The van der Waals surface area contributed by atoms with Crippen molar-refractivity contribution in [3.05, 3.63) is 0 Å². The SMILES string of the molecule is O=CCN1C(=O)NC2(CCOCC2)C1=O. The third-order valence-electron chi connectivity index (χ3n) is 2.85. The number of imide groups is 1. The molecule has 0 aromatic carbocycles. The van der Waals surface area contributed by atoms with Crippen LogP contribution < -0.4 is 5.32 Å². The summed E-state index contributed by atoms with van der Waals surface area (Å²) in [4.78, 5) is 34.6. The molecule has 0 radical (unpaired) electrons. The molecule has 2 saturated heterocycles. The first kappa shape index (κ1) is 10.1. The summed E-state index contributed by atoms with van der Waals surface area (Å²) in [6.07, 6.45) is 1.51. The summed E-state index contributed by atoms with van der Waals surface area (Å²) in [6.45, 7) is 0.745. The fraction of sp³-hybridized carbons (Fsp3) is 0.667. The number of ether oxygens (including phenoxy) is 1. The van der Waals surface area contributed by atoms with Crippen molar-refractivity contribution in [2.24, 2.45) is 0 Å². The third kappa shape index (κ3) is 1.50. The maximum Gasteiger partial charge on any atom is 0.325 e. The second kappa shape index (κ2) is 3.62. The Labute approximate surface area is 86.6 Å². The minimum atomic E-state index is -0.821. The summed E-state index contributed by atoms with van der Waals surface area (Å²) in [5.74, 6) is -0.303. The number of carbonyl (C=O) groups is 3. The van der Waals surface area contributed by atoms with Gasteiger partial charge in [0.25, 0.3) is 5.91 Å². The second-order valence-electron chi connectivity index (χ2n) is 3.71. The summed E-state index contributed by atoms with van der Waals surface area (Å²) >= 11 is 0. The molecule has 2 heterocycles. The molecule has 3 amide bonds. The number of carbonyl (C=O) groups excluding carboxylic acids is 3. The van der Waals surface area contributed by atoms with Gasteiger partial charge in [-0.2, -0.15) is 0 Å². The van der Waals surface area contributed by atoms with Crippen molar-refractivity contribution in [1.29, 1.82) is 0 Å². The molecule has 1 spiro atoms. The fourth-order valence-electron chi connectivity index (χ4n) is 1.98. The van der Waals surface area contributed by atoms with Crippen LogP contribution in [0.3, 0.4) is 0 Å². The first-order valence-corrected chi connectivity index (χ1v) is 4.85. The second-order valence-corrected chi connectivity index (χ2v) is 3.71. The first-order valence-electron chi connectivity index (χ1n) is 4.85. The largest absolute Gasteiger partial charge is 0.381 e. The topological polar surface area (TPSA) is 75.7 Å². The van der Waals surface area contributed by atoms with Crippen LogP contribution in [0.2, 0.25) is 0 Å². The Morgan fingerprint density at radius 3 is 2.67 bits per heavy atom. The normalized spacial score (nSPS) is 24.4. The third-order valence-corrected chi connectivity index (χ3v) is 2.85. The highest BCUT2D eigenvalue weighted by molar-refractivity contribution is 6.08. The zero-order chi connectivity index (χ0) is 10.9. The maximum atomic E-state index is 11.9. The van der Waals surface area contributed by atoms with Crippen LogP contribution in [0.1, 0.15) is 12.8 Å². The van der Waals surface area contributed by atoms with Gasteiger partial charge in [-0.15, -0.1) is 0 Å². The molecule has 6 nitrogen and oxygen atoms in total. The maximum absolute atomic E-state index is 11.9. The van der Waals surface area contributed by atoms with Crippen LogP contribution in [0.4, 0.5) is 4.79 Å². The van der Waals surface area contributed by atoms with Gasteiger partial charge >= 0.3 is 6.03 Å². The molecule has 2 fully saturated rings. The Hall–Kier alpha value is -1.43. The van der Waals surface area contributed by atoms with Gasteiger partial charge in [0.15, 0.2) is 0 Å². The molecule has 2 rings (SSSR count). The summed E-state index contributed by atoms with van der Waals surface area (Å²) in [6, 6.07) is -0.478. The lowest BCUT2D eigenvalue weighted by atomic mass is 9.90. The highest BCUT2D eigenvalue weighted by Crippen LogP contribution is 2.27. The van der Waals surface area contributed by atoms with Gasteiger partial charge in [-0.1, -0.05) is 0 Å². The van der Waals surface area contributed by atoms with Crippen LogP contribution in [0.25, 0.3) is 0 Å². The molecular weight excluding hydrogens is 200 g/mol. The molecule has 0 aliphatic carbocycles. The molecule has 2 aliphatic rings. The van der Waals surface area contributed by atoms with Crippen molar-refractivity contribution in [2.75, 3.05) is 19.8 Å². The number of nitrogens with one attached hydrogen (secondary N) is 1. The van der Waals surface area contributed by atoms with Gasteiger partial charge in [0.05, 0.1) is 6.54 Å². The van der Waals surface area contributed by atoms with E-state index in [9.17, 15) is 14.4 Å². The Kier molecular flexibility index (Phi) is 2.44. The van der Waals surface area contributed by atoms with Crippen LogP contribution in [-0.2, 0) is 14.3 Å². The molecular formula is C9H12N2O4. The zero-order valence-electron chi connectivity index (χ0n) is 8.19. The van der Waals surface area contributed by atoms with E-state index in [4.69, 9.17) is 4.74 Å². The quantitative estimate of drug-likeness (QED) is 0.484. The van der Waals surface area contributed by atoms with E-state index in [2.05, 4.69) is 5.32 Å². The molecule has 0 bridgehead atoms. The summed E-state index contributed by atoms with van der Waals surface area (Å²) < 4.78 is 5.14. The Morgan fingerprint density at radius 1 is 1.40 bits per heavy atom. The molecule has 0 atom stereocenters. The van der Waals surface area contributed by atoms with Crippen molar-refractivity contribution >= 4 is 18.2 Å². The predicted octanol–water partition coefficient (Wildman–Crippen LogP) is -0.714. The van der Waals surface area contributed by atoms with Gasteiger partial charge in [-0.05, 0) is 0 Å². The van der Waals surface area contributed by atoms with Crippen molar-refractivity contribution < 1.29 is 19.1 Å². The van der Waals surface area contributed by atoms with Gasteiger partial charge < -0.3 is 14.8 Å². The lowest BCUT2D eigenvalue weighted by Crippen LogP contribution is -2.51. The molecule has 1 N–H and O–H groups in total. The van der Waals surface area contributed by atoms with Crippen molar-refractivity contribution in [3.63, 3.8) is 0 Å². The van der Waals surface area contributed by atoms with E-state index >= 15 is 0 Å². The minimum absolute atomic E-state index is 0.173. The van der Waals surface area contributed by atoms with Crippen molar-refractivity contribution in [3.8, 4) is 0 Å². The van der Waals surface area contributed by atoms with Gasteiger partial charge in [0.2, 0.25) is 0 Å². The van der Waals surface area contributed by atoms with Gasteiger partial charge in [-0.3, -0.25) is 9.69 Å². The number of hydrogen-bond acceptors (Lipinski definition) is 4. The molecule has 82 valence electrons. The highest BCUT2D eigenvalue weighted by Gasteiger charge is 2.51. The Morgan fingerprint density at radius 2 is 2.07 bits per heavy atom. The number of rotatable bonds is 2. The Balaban J connectivity index is 2.19. The monoisotopic (exact) mass is 212 g/mol. The summed E-state index contributed by atoms with van der Waals surface area (Å²) in [5.41, 5.74) is -0.821. The number of nitrogens with zero attached hydrogens (tertiary/aromatic N) is 1. The molecule has 0 aromatic heterocycles. The molecule has 0 aromatic rings. The van der Waals surface area contributed by atoms with E-state index in [1.165, 1.54) is 0 Å². The van der Waals surface area contributed by atoms with E-state index in [0.29, 0.717) is 32.3 Å². The van der Waals surface area contributed by atoms with E-state index < -0.39 is 11.6 Å². The fourth-order valence-corrected chi connectivity index (χ4v) is 1.98. The van der Waals surface area contributed by atoms with Crippen LogP contribution in [0, 0.1) is 0 Å². The molecule has 15 heavy (non-hydrogen) atoms. The lowest BCUT2D eigenvalue weighted by Gasteiger charge is -2.30.